The van der Waals surface area contributed by atoms with Gasteiger partial charge in [0.05, 0.1) is 12.8 Å². The van der Waals surface area contributed by atoms with Crippen LogP contribution in [0.3, 0.4) is 0 Å². The van der Waals surface area contributed by atoms with Crippen LogP contribution in [0.2, 0.25) is 5.02 Å². The Kier molecular flexibility index (Phi) is 5.63. The standard InChI is InChI=1S/C22H21ClFN3O3/c1-14-25-20(16-5-3-4-6-17(16)24)21(30-14)22(28)27-11-9-26(10-12-27)18-13-15(23)7-8-19(18)29-2/h3-8,13H,9-12H2,1-2H3. The van der Waals surface area contributed by atoms with E-state index in [0.29, 0.717) is 37.1 Å². The van der Waals surface area contributed by atoms with Gasteiger partial charge in [0.2, 0.25) is 5.76 Å². The second-order valence-electron chi connectivity index (χ2n) is 6.99. The number of methoxy groups -OCH3 is 1. The predicted octanol–water partition coefficient (Wildman–Crippen LogP) is 4.41. The van der Waals surface area contributed by atoms with Crippen molar-refractivity contribution >= 4 is 23.2 Å². The van der Waals surface area contributed by atoms with Gasteiger partial charge < -0.3 is 19.0 Å². The van der Waals surface area contributed by atoms with Gasteiger partial charge in [-0.15, -0.1) is 0 Å². The molecule has 1 aromatic heterocycles. The second kappa shape index (κ2) is 8.36. The summed E-state index contributed by atoms with van der Waals surface area (Å²) in [5.41, 5.74) is 1.37. The van der Waals surface area contributed by atoms with Crippen molar-refractivity contribution in [1.82, 2.24) is 9.88 Å². The summed E-state index contributed by atoms with van der Waals surface area (Å²) in [6.07, 6.45) is 0. The van der Waals surface area contributed by atoms with Gasteiger partial charge in [0, 0.05) is 43.7 Å². The molecule has 8 heteroatoms. The Bertz CT molecular complexity index is 1080. The number of carbonyl (C=O) groups excluding carboxylic acids is 1. The zero-order valence-electron chi connectivity index (χ0n) is 16.7. The van der Waals surface area contributed by atoms with E-state index < -0.39 is 5.82 Å². The Morgan fingerprint density at radius 3 is 2.60 bits per heavy atom. The van der Waals surface area contributed by atoms with Gasteiger partial charge >= 0.3 is 0 Å². The van der Waals surface area contributed by atoms with E-state index in [1.807, 2.05) is 12.1 Å². The zero-order valence-corrected chi connectivity index (χ0v) is 17.4. The van der Waals surface area contributed by atoms with E-state index >= 15 is 0 Å². The highest BCUT2D eigenvalue weighted by molar-refractivity contribution is 6.30. The van der Waals surface area contributed by atoms with Crippen LogP contribution in [-0.2, 0) is 0 Å². The number of aromatic nitrogens is 1. The average Bonchev–Trinajstić information content (AvgIpc) is 3.15. The van der Waals surface area contributed by atoms with E-state index in [0.717, 1.165) is 11.4 Å². The third-order valence-electron chi connectivity index (χ3n) is 5.11. The van der Waals surface area contributed by atoms with E-state index in [4.69, 9.17) is 20.8 Å². The summed E-state index contributed by atoms with van der Waals surface area (Å²) < 4.78 is 25.3. The first-order valence-corrected chi connectivity index (χ1v) is 9.96. The Morgan fingerprint density at radius 1 is 1.17 bits per heavy atom. The van der Waals surface area contributed by atoms with Crippen molar-refractivity contribution < 1.29 is 18.3 Å². The number of amides is 1. The number of anilines is 1. The molecule has 4 rings (SSSR count). The third kappa shape index (κ3) is 3.85. The minimum atomic E-state index is -0.447. The van der Waals surface area contributed by atoms with Crippen LogP contribution in [0.1, 0.15) is 16.4 Å². The van der Waals surface area contributed by atoms with Crippen molar-refractivity contribution in [3.05, 3.63) is 65.0 Å². The van der Waals surface area contributed by atoms with Crippen LogP contribution in [0.15, 0.2) is 46.9 Å². The number of oxazole rings is 1. The number of benzene rings is 2. The molecule has 156 valence electrons. The number of ether oxygens (including phenoxy) is 1. The molecule has 0 spiro atoms. The van der Waals surface area contributed by atoms with Gasteiger partial charge in [0.15, 0.2) is 5.89 Å². The fraction of sp³-hybridized carbons (Fsp3) is 0.273. The van der Waals surface area contributed by atoms with E-state index in [2.05, 4.69) is 9.88 Å². The molecule has 1 fully saturated rings. The first-order valence-electron chi connectivity index (χ1n) is 9.58. The van der Waals surface area contributed by atoms with Gasteiger partial charge in [-0.05, 0) is 30.3 Å². The molecular formula is C22H21ClFN3O3. The highest BCUT2D eigenvalue weighted by atomic mass is 35.5. The summed E-state index contributed by atoms with van der Waals surface area (Å²) in [6.45, 7) is 3.80. The van der Waals surface area contributed by atoms with Gasteiger partial charge in [0.25, 0.3) is 5.91 Å². The highest BCUT2D eigenvalue weighted by Crippen LogP contribution is 2.32. The van der Waals surface area contributed by atoms with Crippen LogP contribution in [0.4, 0.5) is 10.1 Å². The topological polar surface area (TPSA) is 58.8 Å². The molecule has 0 unspecified atom stereocenters. The fourth-order valence-electron chi connectivity index (χ4n) is 3.61. The number of nitrogens with zero attached hydrogens (tertiary/aromatic N) is 3. The SMILES string of the molecule is COc1ccc(Cl)cc1N1CCN(C(=O)c2oc(C)nc2-c2ccccc2F)CC1. The van der Waals surface area contributed by atoms with Crippen LogP contribution >= 0.6 is 11.6 Å². The molecule has 1 saturated heterocycles. The predicted molar refractivity (Wildman–Crippen MR) is 113 cm³/mol. The van der Waals surface area contributed by atoms with Crippen molar-refractivity contribution in [3.8, 4) is 17.0 Å². The second-order valence-corrected chi connectivity index (χ2v) is 7.42. The molecule has 30 heavy (non-hydrogen) atoms. The number of carbonyl (C=O) groups is 1. The monoisotopic (exact) mass is 429 g/mol. The van der Waals surface area contributed by atoms with Crippen LogP contribution < -0.4 is 9.64 Å². The summed E-state index contributed by atoms with van der Waals surface area (Å²) in [5, 5.41) is 0.621. The molecule has 6 nitrogen and oxygen atoms in total. The van der Waals surface area contributed by atoms with Gasteiger partial charge in [-0.25, -0.2) is 9.37 Å². The van der Waals surface area contributed by atoms with Crippen molar-refractivity contribution in [2.45, 2.75) is 6.92 Å². The minimum absolute atomic E-state index is 0.0615. The molecule has 1 amide bonds. The zero-order chi connectivity index (χ0) is 21.3. The molecule has 1 aliphatic heterocycles. The molecular weight excluding hydrogens is 409 g/mol. The fourth-order valence-corrected chi connectivity index (χ4v) is 3.78. The van der Waals surface area contributed by atoms with Crippen molar-refractivity contribution in [3.63, 3.8) is 0 Å². The number of hydrogen-bond donors (Lipinski definition) is 0. The molecule has 1 aliphatic rings. The maximum Gasteiger partial charge on any atom is 0.292 e. The smallest absolute Gasteiger partial charge is 0.292 e. The molecule has 2 heterocycles. The van der Waals surface area contributed by atoms with Crippen molar-refractivity contribution in [2.24, 2.45) is 0 Å². The number of rotatable bonds is 4. The normalized spacial score (nSPS) is 14.1. The van der Waals surface area contributed by atoms with Gasteiger partial charge in [-0.2, -0.15) is 0 Å². The number of piperazine rings is 1. The van der Waals surface area contributed by atoms with Crippen molar-refractivity contribution in [1.29, 1.82) is 0 Å². The Labute approximate surface area is 178 Å². The van der Waals surface area contributed by atoms with Crippen LogP contribution in [0.5, 0.6) is 5.75 Å². The van der Waals surface area contributed by atoms with E-state index in [-0.39, 0.29) is 22.9 Å². The van der Waals surface area contributed by atoms with Gasteiger partial charge in [-0.3, -0.25) is 4.79 Å². The Hall–Kier alpha value is -3.06. The lowest BCUT2D eigenvalue weighted by Crippen LogP contribution is -2.49. The van der Waals surface area contributed by atoms with Crippen LogP contribution in [0, 0.1) is 12.7 Å². The number of halogens is 2. The highest BCUT2D eigenvalue weighted by Gasteiger charge is 2.29. The van der Waals surface area contributed by atoms with E-state index in [1.165, 1.54) is 6.07 Å². The quantitative estimate of drug-likeness (QED) is 0.614. The maximum atomic E-state index is 14.3. The number of hydrogen-bond acceptors (Lipinski definition) is 5. The molecule has 2 aromatic carbocycles. The molecule has 0 atom stereocenters. The van der Waals surface area contributed by atoms with Crippen LogP contribution in [-0.4, -0.2) is 49.1 Å². The molecule has 0 saturated carbocycles. The minimum Gasteiger partial charge on any atom is -0.495 e. The summed E-state index contributed by atoms with van der Waals surface area (Å²) >= 11 is 6.15. The molecule has 0 radical (unpaired) electrons. The first kappa shape index (κ1) is 20.2. The van der Waals surface area contributed by atoms with Gasteiger partial charge in [-0.1, -0.05) is 23.7 Å². The summed E-state index contributed by atoms with van der Waals surface area (Å²) in [4.78, 5) is 21.2. The molecule has 0 N–H and O–H groups in total. The number of aryl methyl sites for hydroxylation is 1. The maximum absolute atomic E-state index is 14.3. The molecule has 0 aliphatic carbocycles. The summed E-state index contributed by atoms with van der Waals surface area (Å²) in [5.74, 6) is 0.362. The molecule has 0 bridgehead atoms. The lowest BCUT2D eigenvalue weighted by molar-refractivity contribution is 0.0714. The lowest BCUT2D eigenvalue weighted by atomic mass is 10.1. The summed E-state index contributed by atoms with van der Waals surface area (Å²) in [7, 11) is 1.61. The largest absolute Gasteiger partial charge is 0.495 e. The van der Waals surface area contributed by atoms with E-state index in [9.17, 15) is 9.18 Å². The van der Waals surface area contributed by atoms with Gasteiger partial charge in [0.1, 0.15) is 17.3 Å². The van der Waals surface area contributed by atoms with Crippen molar-refractivity contribution in [2.75, 3.05) is 38.2 Å². The first-order chi connectivity index (χ1) is 14.5. The summed E-state index contributed by atoms with van der Waals surface area (Å²) in [6, 6.07) is 11.7. The van der Waals surface area contributed by atoms with E-state index in [1.54, 1.807) is 43.2 Å². The lowest BCUT2D eigenvalue weighted by Gasteiger charge is -2.36. The Balaban J connectivity index is 1.54. The third-order valence-corrected chi connectivity index (χ3v) is 5.34. The molecule has 3 aromatic rings. The average molecular weight is 430 g/mol. The van der Waals surface area contributed by atoms with Crippen LogP contribution in [0.25, 0.3) is 11.3 Å². The Morgan fingerprint density at radius 2 is 1.90 bits per heavy atom.